The van der Waals surface area contributed by atoms with Crippen molar-refractivity contribution in [1.82, 2.24) is 10.2 Å². The summed E-state index contributed by atoms with van der Waals surface area (Å²) in [6.45, 7) is 8.12. The molecule has 4 nitrogen and oxygen atoms in total. The molecule has 3 rings (SSSR count). The van der Waals surface area contributed by atoms with E-state index in [1.165, 1.54) is 12.8 Å². The van der Waals surface area contributed by atoms with Crippen LogP contribution >= 0.6 is 0 Å². The number of rotatable bonds is 4. The molecule has 1 aromatic rings. The number of ether oxygens (including phenoxy) is 1. The smallest absolute Gasteiger partial charge is 0.250 e. The van der Waals surface area contributed by atoms with Gasteiger partial charge in [-0.25, -0.2) is 0 Å². The van der Waals surface area contributed by atoms with Gasteiger partial charge in [-0.1, -0.05) is 25.1 Å². The van der Waals surface area contributed by atoms with Gasteiger partial charge in [-0.3, -0.25) is 4.79 Å². The molecule has 0 radical (unpaired) electrons. The van der Waals surface area contributed by atoms with Crippen molar-refractivity contribution < 1.29 is 9.53 Å². The van der Waals surface area contributed by atoms with Crippen molar-refractivity contribution in [3.63, 3.8) is 0 Å². The highest BCUT2D eigenvalue weighted by atomic mass is 16.5. The van der Waals surface area contributed by atoms with E-state index in [1.807, 2.05) is 31.2 Å². The molecule has 2 aliphatic rings. The van der Waals surface area contributed by atoms with Crippen LogP contribution in [0.1, 0.15) is 32.3 Å². The summed E-state index contributed by atoms with van der Waals surface area (Å²) < 4.78 is 5.78. The second-order valence-corrected chi connectivity index (χ2v) is 6.70. The third-order valence-electron chi connectivity index (χ3n) is 4.89. The SMILES string of the molecule is CC1=C(C(=O)NCCN2CCC(C)CC2)Cc2ccccc2O1. The van der Waals surface area contributed by atoms with Crippen LogP contribution in [0, 0.1) is 5.92 Å². The van der Waals surface area contributed by atoms with E-state index in [0.29, 0.717) is 18.7 Å². The van der Waals surface area contributed by atoms with E-state index < -0.39 is 0 Å². The summed E-state index contributed by atoms with van der Waals surface area (Å²) in [5, 5.41) is 3.05. The number of nitrogens with zero attached hydrogens (tertiary/aromatic N) is 1. The lowest BCUT2D eigenvalue weighted by atomic mass is 9.99. The molecular formula is C19H26N2O2. The van der Waals surface area contributed by atoms with E-state index in [2.05, 4.69) is 17.1 Å². The molecule has 1 fully saturated rings. The number of carbonyl (C=O) groups is 1. The molecule has 0 aliphatic carbocycles. The highest BCUT2D eigenvalue weighted by molar-refractivity contribution is 5.94. The van der Waals surface area contributed by atoms with E-state index in [1.54, 1.807) is 0 Å². The number of likely N-dealkylation sites (tertiary alicyclic amines) is 1. The standard InChI is InChI=1S/C19H26N2O2/c1-14-7-10-21(11-8-14)12-9-20-19(22)17-13-16-5-3-4-6-18(16)23-15(17)2/h3-6,14H,7-13H2,1-2H3,(H,20,22). The molecule has 0 aromatic heterocycles. The molecule has 1 amide bonds. The van der Waals surface area contributed by atoms with Crippen LogP contribution < -0.4 is 10.1 Å². The molecule has 0 spiro atoms. The van der Waals surface area contributed by atoms with Gasteiger partial charge in [0.25, 0.3) is 5.91 Å². The summed E-state index contributed by atoms with van der Waals surface area (Å²) in [6, 6.07) is 7.90. The summed E-state index contributed by atoms with van der Waals surface area (Å²) in [5.41, 5.74) is 1.82. The van der Waals surface area contributed by atoms with Crippen LogP contribution in [0.3, 0.4) is 0 Å². The second-order valence-electron chi connectivity index (χ2n) is 6.70. The minimum Gasteiger partial charge on any atom is -0.461 e. The lowest BCUT2D eigenvalue weighted by Crippen LogP contribution is -2.40. The summed E-state index contributed by atoms with van der Waals surface area (Å²) >= 11 is 0. The van der Waals surface area contributed by atoms with Crippen LogP contribution in [-0.2, 0) is 11.2 Å². The molecule has 1 aromatic carbocycles. The van der Waals surface area contributed by atoms with Crippen molar-refractivity contribution in [2.75, 3.05) is 26.2 Å². The fraction of sp³-hybridized carbons (Fsp3) is 0.526. The fourth-order valence-corrected chi connectivity index (χ4v) is 3.25. The third kappa shape index (κ3) is 3.94. The molecule has 124 valence electrons. The number of hydrogen-bond donors (Lipinski definition) is 1. The lowest BCUT2D eigenvalue weighted by Gasteiger charge is -2.30. The Morgan fingerprint density at radius 2 is 2.04 bits per heavy atom. The molecular weight excluding hydrogens is 288 g/mol. The van der Waals surface area contributed by atoms with Crippen molar-refractivity contribution in [2.24, 2.45) is 5.92 Å². The number of nitrogens with one attached hydrogen (secondary N) is 1. The van der Waals surface area contributed by atoms with Crippen molar-refractivity contribution in [1.29, 1.82) is 0 Å². The van der Waals surface area contributed by atoms with Gasteiger partial charge in [-0.2, -0.15) is 0 Å². The minimum atomic E-state index is 0.00220. The zero-order valence-corrected chi connectivity index (χ0v) is 14.1. The Kier molecular flexibility index (Phi) is 5.01. The average molecular weight is 314 g/mol. The summed E-state index contributed by atoms with van der Waals surface area (Å²) in [4.78, 5) is 14.9. The Morgan fingerprint density at radius 1 is 1.30 bits per heavy atom. The number of allylic oxidation sites excluding steroid dienone is 1. The number of para-hydroxylation sites is 1. The van der Waals surface area contributed by atoms with E-state index >= 15 is 0 Å². The topological polar surface area (TPSA) is 41.6 Å². The number of amides is 1. The maximum absolute atomic E-state index is 12.4. The average Bonchev–Trinajstić information content (AvgIpc) is 2.56. The highest BCUT2D eigenvalue weighted by Crippen LogP contribution is 2.29. The number of carbonyl (C=O) groups excluding carboxylic acids is 1. The van der Waals surface area contributed by atoms with Gasteiger partial charge in [0, 0.05) is 19.5 Å². The zero-order valence-electron chi connectivity index (χ0n) is 14.1. The van der Waals surface area contributed by atoms with Gasteiger partial charge in [0.2, 0.25) is 0 Å². The van der Waals surface area contributed by atoms with Gasteiger partial charge in [-0.15, -0.1) is 0 Å². The van der Waals surface area contributed by atoms with Crippen LogP contribution in [0.4, 0.5) is 0 Å². The van der Waals surface area contributed by atoms with E-state index in [4.69, 9.17) is 4.74 Å². The first-order valence-corrected chi connectivity index (χ1v) is 8.59. The number of piperidine rings is 1. The molecule has 0 atom stereocenters. The van der Waals surface area contributed by atoms with Crippen molar-refractivity contribution in [2.45, 2.75) is 33.1 Å². The fourth-order valence-electron chi connectivity index (χ4n) is 3.25. The highest BCUT2D eigenvalue weighted by Gasteiger charge is 2.22. The number of hydrogen-bond acceptors (Lipinski definition) is 3. The maximum Gasteiger partial charge on any atom is 0.250 e. The summed E-state index contributed by atoms with van der Waals surface area (Å²) in [5.74, 6) is 2.42. The maximum atomic E-state index is 12.4. The van der Waals surface area contributed by atoms with Crippen molar-refractivity contribution in [3.8, 4) is 5.75 Å². The predicted octanol–water partition coefficient (Wildman–Crippen LogP) is 2.74. The molecule has 2 aliphatic heterocycles. The molecule has 4 heteroatoms. The summed E-state index contributed by atoms with van der Waals surface area (Å²) in [7, 11) is 0. The molecule has 0 bridgehead atoms. The Morgan fingerprint density at radius 3 is 2.83 bits per heavy atom. The van der Waals surface area contributed by atoms with E-state index in [9.17, 15) is 4.79 Å². The first kappa shape index (κ1) is 16.1. The Hall–Kier alpha value is -1.81. The van der Waals surface area contributed by atoms with Crippen LogP contribution in [0.25, 0.3) is 0 Å². The van der Waals surface area contributed by atoms with Crippen LogP contribution in [0.2, 0.25) is 0 Å². The predicted molar refractivity (Wildman–Crippen MR) is 91.3 cm³/mol. The molecule has 1 saturated heterocycles. The van der Waals surface area contributed by atoms with Gasteiger partial charge in [-0.05, 0) is 50.4 Å². The largest absolute Gasteiger partial charge is 0.461 e. The van der Waals surface area contributed by atoms with E-state index in [0.717, 1.165) is 42.4 Å². The Balaban J connectivity index is 1.50. The summed E-state index contributed by atoms with van der Waals surface area (Å²) in [6.07, 6.45) is 3.18. The molecule has 0 saturated carbocycles. The van der Waals surface area contributed by atoms with Crippen molar-refractivity contribution in [3.05, 3.63) is 41.2 Å². The molecule has 1 N–H and O–H groups in total. The monoisotopic (exact) mass is 314 g/mol. The van der Waals surface area contributed by atoms with Crippen molar-refractivity contribution >= 4 is 5.91 Å². The lowest BCUT2D eigenvalue weighted by molar-refractivity contribution is -0.117. The third-order valence-corrected chi connectivity index (χ3v) is 4.89. The molecule has 2 heterocycles. The Labute approximate surface area is 138 Å². The number of benzene rings is 1. The molecule has 23 heavy (non-hydrogen) atoms. The van der Waals surface area contributed by atoms with Gasteiger partial charge >= 0.3 is 0 Å². The number of fused-ring (bicyclic) bond motifs is 1. The quantitative estimate of drug-likeness (QED) is 0.929. The zero-order chi connectivity index (χ0) is 16.2. The normalized spacial score (nSPS) is 19.2. The molecule has 0 unspecified atom stereocenters. The van der Waals surface area contributed by atoms with Crippen LogP contribution in [0.15, 0.2) is 35.6 Å². The van der Waals surface area contributed by atoms with Crippen LogP contribution in [0.5, 0.6) is 5.75 Å². The van der Waals surface area contributed by atoms with Gasteiger partial charge < -0.3 is 15.0 Å². The van der Waals surface area contributed by atoms with Gasteiger partial charge in [0.05, 0.1) is 5.57 Å². The minimum absolute atomic E-state index is 0.00220. The van der Waals surface area contributed by atoms with Gasteiger partial charge in [0.1, 0.15) is 11.5 Å². The first-order chi connectivity index (χ1) is 11.1. The van der Waals surface area contributed by atoms with Gasteiger partial charge in [0.15, 0.2) is 0 Å². The first-order valence-electron chi connectivity index (χ1n) is 8.59. The van der Waals surface area contributed by atoms with Crippen LogP contribution in [-0.4, -0.2) is 37.0 Å². The second kappa shape index (κ2) is 7.18. The van der Waals surface area contributed by atoms with E-state index in [-0.39, 0.29) is 5.91 Å². The Bertz CT molecular complexity index is 601.